The van der Waals surface area contributed by atoms with Crippen molar-refractivity contribution in [2.75, 3.05) is 6.61 Å². The van der Waals surface area contributed by atoms with Crippen LogP contribution in [0, 0.1) is 0 Å². The van der Waals surface area contributed by atoms with Crippen molar-refractivity contribution >= 4 is 0 Å². The first-order valence-corrected chi connectivity index (χ1v) is 5.64. The van der Waals surface area contributed by atoms with Crippen molar-refractivity contribution < 1.29 is 19.9 Å². The Bertz CT molecular complexity index is 137. The normalized spacial score (nSPS) is 11.1. The molecule has 4 heteroatoms. The number of rotatable bonds is 11. The summed E-state index contributed by atoms with van der Waals surface area (Å²) in [7, 11) is 0. The van der Waals surface area contributed by atoms with Crippen LogP contribution in [-0.2, 0) is 19.9 Å². The highest BCUT2D eigenvalue weighted by atomic mass is 17.7. The van der Waals surface area contributed by atoms with Gasteiger partial charge in [0.2, 0.25) is 0 Å². The SMILES string of the molecule is CC=COOOOCCCCCCCC. The molecular formula is C11H22O4. The maximum absolute atomic E-state index is 4.71. The second-order valence-electron chi connectivity index (χ2n) is 3.29. The van der Waals surface area contributed by atoms with Gasteiger partial charge in [0.1, 0.15) is 6.26 Å². The average molecular weight is 218 g/mol. The lowest BCUT2D eigenvalue weighted by Crippen LogP contribution is -1.97. The van der Waals surface area contributed by atoms with E-state index in [2.05, 4.69) is 21.9 Å². The first-order chi connectivity index (χ1) is 7.41. The maximum atomic E-state index is 4.71. The van der Waals surface area contributed by atoms with Crippen LogP contribution in [0.4, 0.5) is 0 Å². The van der Waals surface area contributed by atoms with Gasteiger partial charge in [-0.05, 0) is 24.5 Å². The molecule has 0 saturated carbocycles. The molecule has 0 bridgehead atoms. The number of unbranched alkanes of at least 4 members (excludes halogenated alkanes) is 5. The van der Waals surface area contributed by atoms with E-state index < -0.39 is 0 Å². The Morgan fingerprint density at radius 1 is 0.933 bits per heavy atom. The van der Waals surface area contributed by atoms with E-state index in [9.17, 15) is 0 Å². The van der Waals surface area contributed by atoms with Crippen molar-refractivity contribution in [1.82, 2.24) is 0 Å². The Labute approximate surface area is 91.9 Å². The molecule has 0 atom stereocenters. The molecule has 0 unspecified atom stereocenters. The maximum Gasteiger partial charge on any atom is 0.128 e. The summed E-state index contributed by atoms with van der Waals surface area (Å²) in [5.74, 6) is 0. The van der Waals surface area contributed by atoms with Gasteiger partial charge in [0.15, 0.2) is 0 Å². The van der Waals surface area contributed by atoms with Gasteiger partial charge >= 0.3 is 0 Å². The van der Waals surface area contributed by atoms with Gasteiger partial charge in [0.25, 0.3) is 0 Å². The topological polar surface area (TPSA) is 36.9 Å². The summed E-state index contributed by atoms with van der Waals surface area (Å²) < 4.78 is 0. The largest absolute Gasteiger partial charge is 0.314 e. The molecule has 0 aromatic carbocycles. The van der Waals surface area contributed by atoms with Crippen LogP contribution in [0.2, 0.25) is 0 Å². The Balaban J connectivity index is 2.86. The number of hydrogen-bond donors (Lipinski definition) is 0. The summed E-state index contributed by atoms with van der Waals surface area (Å²) in [6, 6.07) is 0. The molecule has 0 aliphatic carbocycles. The lowest BCUT2D eigenvalue weighted by Gasteiger charge is -2.01. The Kier molecular flexibility index (Phi) is 12.9. The van der Waals surface area contributed by atoms with Gasteiger partial charge in [-0.3, -0.25) is 0 Å². The molecule has 4 nitrogen and oxygen atoms in total. The monoisotopic (exact) mass is 218 g/mol. The van der Waals surface area contributed by atoms with E-state index in [1.807, 2.05) is 0 Å². The highest BCUT2D eigenvalue weighted by Gasteiger charge is 1.92. The van der Waals surface area contributed by atoms with Crippen LogP contribution >= 0.6 is 0 Å². The summed E-state index contributed by atoms with van der Waals surface area (Å²) in [5.41, 5.74) is 0. The highest BCUT2D eigenvalue weighted by molar-refractivity contribution is 4.62. The molecule has 0 fully saturated rings. The molecule has 0 aliphatic rings. The fraction of sp³-hybridized carbons (Fsp3) is 0.818. The Morgan fingerprint density at radius 3 is 2.40 bits per heavy atom. The molecule has 0 N–H and O–H groups in total. The van der Waals surface area contributed by atoms with Gasteiger partial charge < -0.3 is 4.89 Å². The molecule has 0 aromatic heterocycles. The average Bonchev–Trinajstić information content (AvgIpc) is 2.26. The van der Waals surface area contributed by atoms with Gasteiger partial charge in [-0.25, -0.2) is 4.89 Å². The zero-order chi connectivity index (χ0) is 11.2. The number of hydrogen-bond acceptors (Lipinski definition) is 4. The van der Waals surface area contributed by atoms with Crippen LogP contribution in [0.15, 0.2) is 12.3 Å². The van der Waals surface area contributed by atoms with Crippen molar-refractivity contribution in [1.29, 1.82) is 0 Å². The zero-order valence-electron chi connectivity index (χ0n) is 9.74. The quantitative estimate of drug-likeness (QED) is 0.229. The molecular weight excluding hydrogens is 196 g/mol. The van der Waals surface area contributed by atoms with E-state index in [1.165, 1.54) is 38.4 Å². The molecule has 15 heavy (non-hydrogen) atoms. The minimum Gasteiger partial charge on any atom is -0.314 e. The molecule has 0 aromatic rings. The summed E-state index contributed by atoms with van der Waals surface area (Å²) in [5, 5.41) is 8.50. The highest BCUT2D eigenvalue weighted by Crippen LogP contribution is 2.04. The first kappa shape index (κ1) is 14.4. The zero-order valence-corrected chi connectivity index (χ0v) is 9.74. The Morgan fingerprint density at radius 2 is 1.67 bits per heavy atom. The summed E-state index contributed by atoms with van der Waals surface area (Å²) in [6.07, 6.45) is 10.3. The van der Waals surface area contributed by atoms with Crippen LogP contribution in [0.1, 0.15) is 52.4 Å². The molecule has 0 rings (SSSR count). The predicted octanol–water partition coefficient (Wildman–Crippen LogP) is 3.69. The van der Waals surface area contributed by atoms with Crippen molar-refractivity contribution in [3.05, 3.63) is 12.3 Å². The van der Waals surface area contributed by atoms with Gasteiger partial charge in [-0.2, -0.15) is 0 Å². The van der Waals surface area contributed by atoms with Crippen LogP contribution < -0.4 is 0 Å². The van der Waals surface area contributed by atoms with Crippen LogP contribution in [0.3, 0.4) is 0 Å². The molecule has 0 heterocycles. The minimum absolute atomic E-state index is 0.533. The minimum atomic E-state index is 0.533. The summed E-state index contributed by atoms with van der Waals surface area (Å²) in [4.78, 5) is 9.12. The van der Waals surface area contributed by atoms with Crippen molar-refractivity contribution in [2.45, 2.75) is 52.4 Å². The fourth-order valence-corrected chi connectivity index (χ4v) is 1.09. The first-order valence-electron chi connectivity index (χ1n) is 5.64. The molecule has 0 aliphatic heterocycles. The van der Waals surface area contributed by atoms with Gasteiger partial charge in [-0.1, -0.05) is 39.0 Å². The van der Waals surface area contributed by atoms with Crippen molar-refractivity contribution in [2.24, 2.45) is 0 Å². The van der Waals surface area contributed by atoms with E-state index in [0.29, 0.717) is 6.61 Å². The molecule has 0 saturated heterocycles. The molecule has 0 radical (unpaired) electrons. The standard InChI is InChI=1S/C11H22O4/c1-3-5-6-7-8-9-11-13-15-14-12-10-4-2/h4,10H,3,5-9,11H2,1-2H3. The molecule has 90 valence electrons. The summed E-state index contributed by atoms with van der Waals surface area (Å²) >= 11 is 0. The van der Waals surface area contributed by atoms with Crippen LogP contribution in [0.25, 0.3) is 0 Å². The van der Waals surface area contributed by atoms with E-state index in [-0.39, 0.29) is 0 Å². The second kappa shape index (κ2) is 13.4. The third kappa shape index (κ3) is 13.4. The van der Waals surface area contributed by atoms with Crippen LogP contribution in [-0.4, -0.2) is 6.61 Å². The third-order valence-electron chi connectivity index (χ3n) is 1.89. The van der Waals surface area contributed by atoms with E-state index >= 15 is 0 Å². The second-order valence-corrected chi connectivity index (χ2v) is 3.29. The predicted molar refractivity (Wildman–Crippen MR) is 57.4 cm³/mol. The summed E-state index contributed by atoms with van der Waals surface area (Å²) in [6.45, 7) is 4.55. The Hall–Kier alpha value is -0.580. The molecule has 0 spiro atoms. The number of allylic oxidation sites excluding steroid dienone is 1. The van der Waals surface area contributed by atoms with E-state index in [4.69, 9.17) is 4.89 Å². The van der Waals surface area contributed by atoms with E-state index in [0.717, 1.165) is 6.42 Å². The van der Waals surface area contributed by atoms with Gasteiger partial charge in [0.05, 0.1) is 6.61 Å². The van der Waals surface area contributed by atoms with Gasteiger partial charge in [-0.15, -0.1) is 0 Å². The smallest absolute Gasteiger partial charge is 0.128 e. The lowest BCUT2D eigenvalue weighted by molar-refractivity contribution is -0.621. The van der Waals surface area contributed by atoms with Gasteiger partial charge in [0, 0.05) is 5.04 Å². The third-order valence-corrected chi connectivity index (χ3v) is 1.89. The molecule has 0 amide bonds. The lowest BCUT2D eigenvalue weighted by atomic mass is 10.1. The van der Waals surface area contributed by atoms with Crippen molar-refractivity contribution in [3.8, 4) is 0 Å². The van der Waals surface area contributed by atoms with Crippen LogP contribution in [0.5, 0.6) is 0 Å². The van der Waals surface area contributed by atoms with E-state index in [1.54, 1.807) is 13.0 Å². The van der Waals surface area contributed by atoms with Crippen molar-refractivity contribution in [3.63, 3.8) is 0 Å². The fourth-order valence-electron chi connectivity index (χ4n) is 1.09.